The number of anilines is 1. The van der Waals surface area contributed by atoms with Crippen molar-refractivity contribution in [3.63, 3.8) is 0 Å². The highest BCUT2D eigenvalue weighted by atomic mass is 16.2. The molecule has 0 aromatic heterocycles. The molecule has 0 spiro atoms. The van der Waals surface area contributed by atoms with Gasteiger partial charge in [0.15, 0.2) is 0 Å². The molecule has 2 rings (SSSR count). The summed E-state index contributed by atoms with van der Waals surface area (Å²) in [6, 6.07) is 8.18. The van der Waals surface area contributed by atoms with Crippen molar-refractivity contribution < 1.29 is 4.79 Å². The van der Waals surface area contributed by atoms with Crippen LogP contribution in [0.4, 0.5) is 5.69 Å². The van der Waals surface area contributed by atoms with Crippen LogP contribution in [0.25, 0.3) is 0 Å². The number of nitrogens with zero attached hydrogens (tertiary/aromatic N) is 1. The number of benzene rings is 1. The molecule has 0 unspecified atom stereocenters. The minimum absolute atomic E-state index is 0.125. The summed E-state index contributed by atoms with van der Waals surface area (Å²) in [6.45, 7) is 3.54. The van der Waals surface area contributed by atoms with Gasteiger partial charge in [0.25, 0.3) is 0 Å². The average molecular weight is 246 g/mol. The average Bonchev–Trinajstić information content (AvgIpc) is 3.22. The van der Waals surface area contributed by atoms with Crippen LogP contribution in [0.15, 0.2) is 24.3 Å². The lowest BCUT2D eigenvalue weighted by molar-refractivity contribution is -0.117. The smallest absolute Gasteiger partial charge is 0.240 e. The highest BCUT2D eigenvalue weighted by Crippen LogP contribution is 2.27. The number of carbonyl (C=O) groups is 1. The van der Waals surface area contributed by atoms with Gasteiger partial charge in [-0.05, 0) is 49.4 Å². The molecule has 3 nitrogen and oxygen atoms in total. The van der Waals surface area contributed by atoms with Crippen molar-refractivity contribution in [3.05, 3.63) is 29.8 Å². The van der Waals surface area contributed by atoms with Crippen molar-refractivity contribution >= 4 is 11.6 Å². The summed E-state index contributed by atoms with van der Waals surface area (Å²) < 4.78 is 0. The predicted molar refractivity (Wildman–Crippen MR) is 74.8 cm³/mol. The molecule has 0 bridgehead atoms. The third kappa shape index (κ3) is 3.57. The highest BCUT2D eigenvalue weighted by molar-refractivity contribution is 5.94. The van der Waals surface area contributed by atoms with E-state index in [1.165, 1.54) is 18.4 Å². The summed E-state index contributed by atoms with van der Waals surface area (Å²) in [5.41, 5.74) is 2.26. The van der Waals surface area contributed by atoms with Crippen LogP contribution in [0, 0.1) is 5.92 Å². The van der Waals surface area contributed by atoms with Crippen LogP contribution in [0.1, 0.15) is 25.3 Å². The van der Waals surface area contributed by atoms with Crippen LogP contribution in [0.2, 0.25) is 0 Å². The van der Waals surface area contributed by atoms with Gasteiger partial charge < -0.3 is 10.2 Å². The van der Waals surface area contributed by atoms with Crippen LogP contribution in [-0.4, -0.2) is 26.0 Å². The van der Waals surface area contributed by atoms with E-state index in [0.717, 1.165) is 24.6 Å². The Morgan fingerprint density at radius 3 is 2.56 bits per heavy atom. The molecule has 0 radical (unpaired) electrons. The van der Waals surface area contributed by atoms with E-state index < -0.39 is 0 Å². The summed E-state index contributed by atoms with van der Waals surface area (Å²) in [4.78, 5) is 13.7. The van der Waals surface area contributed by atoms with Gasteiger partial charge in [0.2, 0.25) is 5.91 Å². The normalized spacial score (nSPS) is 14.6. The zero-order chi connectivity index (χ0) is 13.0. The number of rotatable bonds is 6. The first-order chi connectivity index (χ1) is 8.70. The zero-order valence-electron chi connectivity index (χ0n) is 11.3. The predicted octanol–water partition coefficient (Wildman–Crippen LogP) is 2.21. The molecule has 0 atom stereocenters. The number of hydrogen-bond acceptors (Lipinski definition) is 2. The van der Waals surface area contributed by atoms with Gasteiger partial charge in [0.1, 0.15) is 0 Å². The SMILES string of the molecule is CCc1ccc(N(C)C(=O)CNCC2CC2)cc1. The molecular formula is C15H22N2O. The summed E-state index contributed by atoms with van der Waals surface area (Å²) in [6.07, 6.45) is 3.66. The van der Waals surface area contributed by atoms with Gasteiger partial charge in [-0.2, -0.15) is 0 Å². The maximum atomic E-state index is 12.0. The lowest BCUT2D eigenvalue weighted by atomic mass is 10.1. The molecule has 1 aliphatic carbocycles. The van der Waals surface area contributed by atoms with Crippen molar-refractivity contribution in [2.45, 2.75) is 26.2 Å². The summed E-state index contributed by atoms with van der Waals surface area (Å²) in [7, 11) is 1.84. The fraction of sp³-hybridized carbons (Fsp3) is 0.533. The number of aryl methyl sites for hydroxylation is 1. The molecular weight excluding hydrogens is 224 g/mol. The van der Waals surface area contributed by atoms with E-state index in [4.69, 9.17) is 0 Å². The summed E-state index contributed by atoms with van der Waals surface area (Å²) in [5.74, 6) is 0.937. The maximum Gasteiger partial charge on any atom is 0.240 e. The van der Waals surface area contributed by atoms with Crippen LogP contribution in [0.5, 0.6) is 0 Å². The van der Waals surface area contributed by atoms with E-state index in [-0.39, 0.29) is 5.91 Å². The largest absolute Gasteiger partial charge is 0.314 e. The van der Waals surface area contributed by atoms with Crippen LogP contribution < -0.4 is 10.2 Å². The Hall–Kier alpha value is -1.35. The maximum absolute atomic E-state index is 12.0. The molecule has 3 heteroatoms. The standard InChI is InChI=1S/C15H22N2O/c1-3-12-6-8-14(9-7-12)17(2)15(18)11-16-10-13-4-5-13/h6-9,13,16H,3-5,10-11H2,1-2H3. The Balaban J connectivity index is 1.83. The van der Waals surface area contributed by atoms with E-state index >= 15 is 0 Å². The quantitative estimate of drug-likeness (QED) is 0.834. The molecule has 18 heavy (non-hydrogen) atoms. The first kappa shape index (κ1) is 13.1. The highest BCUT2D eigenvalue weighted by Gasteiger charge is 2.21. The molecule has 0 aliphatic heterocycles. The molecule has 98 valence electrons. The lowest BCUT2D eigenvalue weighted by Gasteiger charge is -2.18. The Labute approximate surface area is 109 Å². The Morgan fingerprint density at radius 1 is 1.33 bits per heavy atom. The second-order valence-electron chi connectivity index (χ2n) is 5.05. The molecule has 1 saturated carbocycles. The summed E-state index contributed by atoms with van der Waals surface area (Å²) in [5, 5.41) is 3.23. The van der Waals surface area contributed by atoms with Gasteiger partial charge >= 0.3 is 0 Å². The van der Waals surface area contributed by atoms with E-state index in [1.807, 2.05) is 19.2 Å². The number of nitrogens with one attached hydrogen (secondary N) is 1. The molecule has 1 N–H and O–H groups in total. The molecule has 1 aromatic carbocycles. The van der Waals surface area contributed by atoms with Crippen molar-refractivity contribution in [2.75, 3.05) is 25.0 Å². The van der Waals surface area contributed by atoms with Gasteiger partial charge in [-0.25, -0.2) is 0 Å². The molecule has 1 aliphatic rings. The molecule has 0 heterocycles. The van der Waals surface area contributed by atoms with Crippen molar-refractivity contribution in [2.24, 2.45) is 5.92 Å². The second-order valence-corrected chi connectivity index (χ2v) is 5.05. The zero-order valence-corrected chi connectivity index (χ0v) is 11.3. The van der Waals surface area contributed by atoms with Crippen molar-refractivity contribution in [1.29, 1.82) is 0 Å². The molecule has 1 amide bonds. The van der Waals surface area contributed by atoms with Gasteiger partial charge in [0.05, 0.1) is 6.54 Å². The molecule has 0 saturated heterocycles. The number of hydrogen-bond donors (Lipinski definition) is 1. The topological polar surface area (TPSA) is 32.3 Å². The third-order valence-electron chi connectivity index (χ3n) is 3.51. The van der Waals surface area contributed by atoms with Crippen LogP contribution in [0.3, 0.4) is 0 Å². The number of carbonyl (C=O) groups excluding carboxylic acids is 1. The first-order valence-electron chi connectivity index (χ1n) is 6.77. The van der Waals surface area contributed by atoms with Gasteiger partial charge in [-0.1, -0.05) is 19.1 Å². The summed E-state index contributed by atoms with van der Waals surface area (Å²) >= 11 is 0. The van der Waals surface area contributed by atoms with E-state index in [1.54, 1.807) is 4.90 Å². The fourth-order valence-electron chi connectivity index (χ4n) is 1.92. The van der Waals surface area contributed by atoms with Gasteiger partial charge in [0, 0.05) is 12.7 Å². The van der Waals surface area contributed by atoms with E-state index in [9.17, 15) is 4.79 Å². The van der Waals surface area contributed by atoms with Crippen LogP contribution >= 0.6 is 0 Å². The first-order valence-corrected chi connectivity index (χ1v) is 6.77. The van der Waals surface area contributed by atoms with E-state index in [2.05, 4.69) is 24.4 Å². The van der Waals surface area contributed by atoms with Gasteiger partial charge in [-0.15, -0.1) is 0 Å². The minimum Gasteiger partial charge on any atom is -0.314 e. The van der Waals surface area contributed by atoms with Gasteiger partial charge in [-0.3, -0.25) is 4.79 Å². The van der Waals surface area contributed by atoms with E-state index in [0.29, 0.717) is 6.54 Å². The monoisotopic (exact) mass is 246 g/mol. The lowest BCUT2D eigenvalue weighted by Crippen LogP contribution is -2.36. The third-order valence-corrected chi connectivity index (χ3v) is 3.51. The number of likely N-dealkylation sites (N-methyl/N-ethyl adjacent to an activating group) is 1. The fourth-order valence-corrected chi connectivity index (χ4v) is 1.92. The van der Waals surface area contributed by atoms with Crippen molar-refractivity contribution in [3.8, 4) is 0 Å². The Kier molecular flexibility index (Phi) is 4.37. The molecule has 1 fully saturated rings. The second kappa shape index (κ2) is 6.01. The minimum atomic E-state index is 0.125. The Morgan fingerprint density at radius 2 is 2.00 bits per heavy atom. The van der Waals surface area contributed by atoms with Crippen molar-refractivity contribution in [1.82, 2.24) is 5.32 Å². The van der Waals surface area contributed by atoms with Crippen LogP contribution in [-0.2, 0) is 11.2 Å². The molecule has 1 aromatic rings. The Bertz CT molecular complexity index is 395. The number of amides is 1.